The van der Waals surface area contributed by atoms with Gasteiger partial charge in [-0.05, 0) is 39.2 Å². The highest BCUT2D eigenvalue weighted by molar-refractivity contribution is 5.82. The van der Waals surface area contributed by atoms with E-state index >= 15 is 0 Å². The van der Waals surface area contributed by atoms with Gasteiger partial charge in [0, 0.05) is 13.1 Å². The maximum Gasteiger partial charge on any atom is 0.239 e. The molecule has 0 aliphatic carbocycles. The number of carbonyl (C=O) groups excluding carboxylic acids is 1. The van der Waals surface area contributed by atoms with Crippen molar-refractivity contribution in [3.8, 4) is 0 Å². The van der Waals surface area contributed by atoms with Crippen LogP contribution >= 0.6 is 0 Å². The second-order valence-electron chi connectivity index (χ2n) is 5.01. The number of amides is 1. The average Bonchev–Trinajstić information content (AvgIpc) is 2.67. The lowest BCUT2D eigenvalue weighted by molar-refractivity contribution is -0.139. The molecule has 4 nitrogen and oxygen atoms in total. The third-order valence-corrected chi connectivity index (χ3v) is 3.34. The van der Waals surface area contributed by atoms with Gasteiger partial charge in [0.05, 0.1) is 11.6 Å². The SMILES string of the molecule is CC1(O)CCCN(C(=O)[C@H]2CCCN2)C1. The topological polar surface area (TPSA) is 52.6 Å². The summed E-state index contributed by atoms with van der Waals surface area (Å²) in [6, 6.07) is -0.00102. The maximum absolute atomic E-state index is 12.0. The number of rotatable bonds is 1. The van der Waals surface area contributed by atoms with Gasteiger partial charge < -0.3 is 15.3 Å². The van der Waals surface area contributed by atoms with Crippen molar-refractivity contribution in [2.24, 2.45) is 0 Å². The van der Waals surface area contributed by atoms with Crippen LogP contribution < -0.4 is 5.32 Å². The molecule has 0 aromatic heterocycles. The minimum absolute atomic E-state index is 0.00102. The highest BCUT2D eigenvalue weighted by atomic mass is 16.3. The number of aliphatic hydroxyl groups is 1. The van der Waals surface area contributed by atoms with E-state index in [-0.39, 0.29) is 11.9 Å². The van der Waals surface area contributed by atoms with Crippen LogP contribution in [0.4, 0.5) is 0 Å². The van der Waals surface area contributed by atoms with Crippen LogP contribution in [0, 0.1) is 0 Å². The van der Waals surface area contributed by atoms with Crippen LogP contribution in [0.15, 0.2) is 0 Å². The predicted molar refractivity (Wildman–Crippen MR) is 57.5 cm³/mol. The second-order valence-corrected chi connectivity index (χ2v) is 5.01. The van der Waals surface area contributed by atoms with Crippen LogP contribution in [0.5, 0.6) is 0 Å². The Morgan fingerprint density at radius 3 is 2.93 bits per heavy atom. The number of piperidine rings is 1. The summed E-state index contributed by atoms with van der Waals surface area (Å²) in [5, 5.41) is 13.1. The maximum atomic E-state index is 12.0. The first-order valence-electron chi connectivity index (χ1n) is 5.83. The van der Waals surface area contributed by atoms with Gasteiger partial charge in [0.1, 0.15) is 0 Å². The van der Waals surface area contributed by atoms with E-state index in [4.69, 9.17) is 0 Å². The number of nitrogens with one attached hydrogen (secondary N) is 1. The minimum atomic E-state index is -0.688. The summed E-state index contributed by atoms with van der Waals surface area (Å²) < 4.78 is 0. The zero-order chi connectivity index (χ0) is 10.9. The van der Waals surface area contributed by atoms with Crippen LogP contribution in [0.25, 0.3) is 0 Å². The molecular formula is C11H20N2O2. The first kappa shape index (κ1) is 10.9. The molecule has 2 saturated heterocycles. The highest BCUT2D eigenvalue weighted by Gasteiger charge is 2.34. The van der Waals surface area contributed by atoms with Crippen LogP contribution in [0.2, 0.25) is 0 Å². The molecule has 2 N–H and O–H groups in total. The van der Waals surface area contributed by atoms with Crippen molar-refractivity contribution in [1.29, 1.82) is 0 Å². The lowest BCUT2D eigenvalue weighted by Gasteiger charge is -2.38. The van der Waals surface area contributed by atoms with Crippen molar-refractivity contribution >= 4 is 5.91 Å². The normalized spacial score (nSPS) is 36.9. The summed E-state index contributed by atoms with van der Waals surface area (Å²) in [7, 11) is 0. The van der Waals surface area contributed by atoms with Crippen molar-refractivity contribution in [3.05, 3.63) is 0 Å². The standard InChI is InChI=1S/C11H20N2O2/c1-11(15)5-3-7-13(8-11)10(14)9-4-2-6-12-9/h9,12,15H,2-8H2,1H3/t9-,11?/m1/s1. The summed E-state index contributed by atoms with van der Waals surface area (Å²) in [6.45, 7) is 4.05. The van der Waals surface area contributed by atoms with E-state index in [0.717, 1.165) is 38.8 Å². The molecule has 4 heteroatoms. The summed E-state index contributed by atoms with van der Waals surface area (Å²) in [5.74, 6) is 0.174. The minimum Gasteiger partial charge on any atom is -0.388 e. The Hall–Kier alpha value is -0.610. The van der Waals surface area contributed by atoms with E-state index in [1.807, 2.05) is 11.8 Å². The average molecular weight is 212 g/mol. The van der Waals surface area contributed by atoms with Crippen molar-refractivity contribution in [2.75, 3.05) is 19.6 Å². The molecule has 86 valence electrons. The Balaban J connectivity index is 1.94. The number of β-amino-alcohol motifs (C(OH)–C–C–N with tert-alkyl or cyclic N) is 1. The van der Waals surface area contributed by atoms with Gasteiger partial charge in [0.25, 0.3) is 0 Å². The Morgan fingerprint density at radius 1 is 1.53 bits per heavy atom. The molecule has 15 heavy (non-hydrogen) atoms. The predicted octanol–water partition coefficient (Wildman–Crippen LogP) is 0.112. The lowest BCUT2D eigenvalue weighted by Crippen LogP contribution is -2.53. The first-order valence-corrected chi connectivity index (χ1v) is 5.83. The molecule has 2 aliphatic heterocycles. The Morgan fingerprint density at radius 2 is 2.33 bits per heavy atom. The van der Waals surface area contributed by atoms with Crippen LogP contribution in [0.3, 0.4) is 0 Å². The van der Waals surface area contributed by atoms with E-state index < -0.39 is 5.60 Å². The van der Waals surface area contributed by atoms with Crippen molar-refractivity contribution in [2.45, 2.75) is 44.2 Å². The molecule has 2 rings (SSSR count). The molecule has 0 aromatic carbocycles. The fourth-order valence-corrected chi connectivity index (χ4v) is 2.52. The van der Waals surface area contributed by atoms with Gasteiger partial charge in [-0.2, -0.15) is 0 Å². The molecule has 2 fully saturated rings. The smallest absolute Gasteiger partial charge is 0.239 e. The first-order chi connectivity index (χ1) is 7.08. The van der Waals surface area contributed by atoms with Gasteiger partial charge in [0.15, 0.2) is 0 Å². The second kappa shape index (κ2) is 4.10. The molecule has 1 amide bonds. The third-order valence-electron chi connectivity index (χ3n) is 3.34. The van der Waals surface area contributed by atoms with E-state index in [0.29, 0.717) is 6.54 Å². The molecule has 0 spiro atoms. The van der Waals surface area contributed by atoms with Gasteiger partial charge in [-0.3, -0.25) is 4.79 Å². The Labute approximate surface area is 90.6 Å². The molecule has 0 aromatic rings. The van der Waals surface area contributed by atoms with Gasteiger partial charge in [-0.15, -0.1) is 0 Å². The van der Waals surface area contributed by atoms with Crippen LogP contribution in [0.1, 0.15) is 32.6 Å². The van der Waals surface area contributed by atoms with E-state index in [2.05, 4.69) is 5.32 Å². The van der Waals surface area contributed by atoms with E-state index in [1.165, 1.54) is 0 Å². The molecule has 0 bridgehead atoms. The molecule has 0 radical (unpaired) electrons. The van der Waals surface area contributed by atoms with Gasteiger partial charge in [-0.25, -0.2) is 0 Å². The highest BCUT2D eigenvalue weighted by Crippen LogP contribution is 2.21. The van der Waals surface area contributed by atoms with Crippen molar-refractivity contribution in [3.63, 3.8) is 0 Å². The van der Waals surface area contributed by atoms with E-state index in [9.17, 15) is 9.90 Å². The number of hydrogen-bond donors (Lipinski definition) is 2. The number of nitrogens with zero attached hydrogens (tertiary/aromatic N) is 1. The van der Waals surface area contributed by atoms with Crippen LogP contribution in [-0.4, -0.2) is 47.2 Å². The Kier molecular flexibility index (Phi) is 2.98. The molecular weight excluding hydrogens is 192 g/mol. The van der Waals surface area contributed by atoms with Crippen molar-refractivity contribution < 1.29 is 9.90 Å². The number of carbonyl (C=O) groups is 1. The monoisotopic (exact) mass is 212 g/mol. The molecule has 0 saturated carbocycles. The third kappa shape index (κ3) is 2.49. The summed E-state index contributed by atoms with van der Waals surface area (Å²) in [5.41, 5.74) is -0.688. The van der Waals surface area contributed by atoms with E-state index in [1.54, 1.807) is 0 Å². The molecule has 2 heterocycles. The summed E-state index contributed by atoms with van der Waals surface area (Å²) >= 11 is 0. The fraction of sp³-hybridized carbons (Fsp3) is 0.909. The number of likely N-dealkylation sites (tertiary alicyclic amines) is 1. The van der Waals surface area contributed by atoms with Gasteiger partial charge >= 0.3 is 0 Å². The van der Waals surface area contributed by atoms with Gasteiger partial charge in [0.2, 0.25) is 5.91 Å². The molecule has 1 unspecified atom stereocenters. The van der Waals surface area contributed by atoms with Gasteiger partial charge in [-0.1, -0.05) is 0 Å². The van der Waals surface area contributed by atoms with Crippen LogP contribution in [-0.2, 0) is 4.79 Å². The van der Waals surface area contributed by atoms with Crippen molar-refractivity contribution in [1.82, 2.24) is 10.2 Å². The lowest BCUT2D eigenvalue weighted by atomic mass is 9.94. The zero-order valence-electron chi connectivity index (χ0n) is 9.33. The molecule has 2 aliphatic rings. The quantitative estimate of drug-likeness (QED) is 0.649. The largest absolute Gasteiger partial charge is 0.388 e. The summed E-state index contributed by atoms with van der Waals surface area (Å²) in [4.78, 5) is 13.9. The number of hydrogen-bond acceptors (Lipinski definition) is 3. The Bertz CT molecular complexity index is 247. The summed E-state index contributed by atoms with van der Waals surface area (Å²) in [6.07, 6.45) is 3.73. The molecule has 2 atom stereocenters. The zero-order valence-corrected chi connectivity index (χ0v) is 9.33. The fourth-order valence-electron chi connectivity index (χ4n) is 2.52.